The third-order valence-electron chi connectivity index (χ3n) is 1.33. The van der Waals surface area contributed by atoms with E-state index in [4.69, 9.17) is 10.5 Å². The summed E-state index contributed by atoms with van der Waals surface area (Å²) >= 11 is 0. The van der Waals surface area contributed by atoms with E-state index >= 15 is 0 Å². The molecule has 0 aromatic heterocycles. The van der Waals surface area contributed by atoms with Gasteiger partial charge < -0.3 is 10.5 Å². The maximum atomic E-state index is 5.19. The van der Waals surface area contributed by atoms with Gasteiger partial charge in [-0.25, -0.2) is 0 Å². The first-order chi connectivity index (χ1) is 5.43. The Morgan fingerprint density at radius 1 is 1.27 bits per heavy atom. The van der Waals surface area contributed by atoms with E-state index in [1.807, 2.05) is 30.3 Å². The molecule has 0 atom stereocenters. The second kappa shape index (κ2) is 4.88. The van der Waals surface area contributed by atoms with Gasteiger partial charge in [0.1, 0.15) is 0 Å². The van der Waals surface area contributed by atoms with Crippen LogP contribution in [-0.4, -0.2) is 6.61 Å². The topological polar surface area (TPSA) is 35.2 Å². The summed E-state index contributed by atoms with van der Waals surface area (Å²) in [4.78, 5) is 0. The number of benzene rings is 1. The number of ether oxygens (including phenoxy) is 1. The Morgan fingerprint density at radius 3 is 2.64 bits per heavy atom. The molecular weight excluding hydrogens is 138 g/mol. The predicted octanol–water partition coefficient (Wildman–Crippen LogP) is 1.32. The van der Waals surface area contributed by atoms with Gasteiger partial charge in [-0.3, -0.25) is 0 Å². The minimum atomic E-state index is 0.509. The van der Waals surface area contributed by atoms with Crippen molar-refractivity contribution in [2.24, 2.45) is 5.73 Å². The van der Waals surface area contributed by atoms with E-state index < -0.39 is 0 Å². The van der Waals surface area contributed by atoms with Gasteiger partial charge in [0, 0.05) is 6.54 Å². The normalized spacial score (nSPS) is 9.91. The van der Waals surface area contributed by atoms with Gasteiger partial charge in [-0.15, -0.1) is 0 Å². The monoisotopic (exact) mass is 150 g/mol. The lowest BCUT2D eigenvalue weighted by Gasteiger charge is -2.00. The van der Waals surface area contributed by atoms with E-state index in [9.17, 15) is 0 Å². The van der Waals surface area contributed by atoms with E-state index in [-0.39, 0.29) is 0 Å². The summed E-state index contributed by atoms with van der Waals surface area (Å²) in [5.41, 5.74) is 6.32. The van der Waals surface area contributed by atoms with Gasteiger partial charge in [-0.05, 0) is 5.56 Å². The average Bonchev–Trinajstić information content (AvgIpc) is 2.07. The van der Waals surface area contributed by atoms with E-state index in [2.05, 4.69) is 0 Å². The Bertz CT molecular complexity index is 186. The van der Waals surface area contributed by atoms with Gasteiger partial charge in [-0.2, -0.15) is 0 Å². The Kier molecular flexibility index (Phi) is 3.65. The summed E-state index contributed by atoms with van der Waals surface area (Å²) in [6.45, 7) is 2.65. The van der Waals surface area contributed by atoms with Crippen molar-refractivity contribution in [3.8, 4) is 0 Å². The zero-order chi connectivity index (χ0) is 7.94. The van der Waals surface area contributed by atoms with Crippen molar-refractivity contribution < 1.29 is 4.74 Å². The molecule has 1 radical (unpaired) electrons. The van der Waals surface area contributed by atoms with Crippen LogP contribution in [0, 0.1) is 6.54 Å². The van der Waals surface area contributed by atoms with Crippen LogP contribution in [0.2, 0.25) is 0 Å². The first-order valence-electron chi connectivity index (χ1n) is 3.58. The molecule has 0 spiro atoms. The van der Waals surface area contributed by atoms with Crippen molar-refractivity contribution in [3.05, 3.63) is 42.4 Å². The Labute approximate surface area is 67.0 Å². The maximum Gasteiger partial charge on any atom is 0.0717 e. The summed E-state index contributed by atoms with van der Waals surface area (Å²) in [5, 5.41) is 0. The highest BCUT2D eigenvalue weighted by atomic mass is 16.5. The molecule has 0 saturated carbocycles. The Hall–Kier alpha value is -0.860. The summed E-state index contributed by atoms with van der Waals surface area (Å²) < 4.78 is 5.19. The van der Waals surface area contributed by atoms with Gasteiger partial charge in [0.25, 0.3) is 0 Å². The molecule has 59 valence electrons. The lowest BCUT2D eigenvalue weighted by atomic mass is 10.2. The number of rotatable bonds is 4. The summed E-state index contributed by atoms with van der Waals surface area (Å²) in [7, 11) is 0. The van der Waals surface area contributed by atoms with Gasteiger partial charge in [0.2, 0.25) is 0 Å². The smallest absolute Gasteiger partial charge is 0.0717 e. The van der Waals surface area contributed by atoms with E-state index in [1.54, 1.807) is 0 Å². The molecule has 0 aliphatic rings. The predicted molar refractivity (Wildman–Crippen MR) is 44.6 cm³/mol. The van der Waals surface area contributed by atoms with Crippen LogP contribution in [0.25, 0.3) is 0 Å². The zero-order valence-electron chi connectivity index (χ0n) is 6.36. The summed E-state index contributed by atoms with van der Waals surface area (Å²) in [6.07, 6.45) is 0. The van der Waals surface area contributed by atoms with Crippen LogP contribution in [0.3, 0.4) is 0 Å². The van der Waals surface area contributed by atoms with Crippen molar-refractivity contribution in [1.82, 2.24) is 0 Å². The summed E-state index contributed by atoms with van der Waals surface area (Å²) in [5.74, 6) is 0. The highest BCUT2D eigenvalue weighted by Gasteiger charge is 1.88. The number of nitrogens with two attached hydrogens (primary N) is 1. The molecule has 1 aromatic rings. The molecule has 2 heteroatoms. The average molecular weight is 150 g/mol. The first kappa shape index (κ1) is 8.24. The molecule has 0 fully saturated rings. The van der Waals surface area contributed by atoms with Gasteiger partial charge >= 0.3 is 0 Å². The fraction of sp³-hybridized carbons (Fsp3) is 0.222. The van der Waals surface area contributed by atoms with Crippen LogP contribution in [-0.2, 0) is 11.3 Å². The standard InChI is InChI=1S/C9H12NO/c10-6-7-11-8-9-4-2-1-3-5-9/h1-6H,7-8,10H2. The number of hydrogen-bond acceptors (Lipinski definition) is 2. The van der Waals surface area contributed by atoms with Crippen molar-refractivity contribution in [1.29, 1.82) is 0 Å². The molecular formula is C9H12NO. The molecule has 1 rings (SSSR count). The van der Waals surface area contributed by atoms with Gasteiger partial charge in [0.15, 0.2) is 0 Å². The molecule has 0 heterocycles. The SMILES string of the molecule is N[CH]COCc1ccccc1. The van der Waals surface area contributed by atoms with Gasteiger partial charge in [-0.1, -0.05) is 30.3 Å². The molecule has 0 aliphatic heterocycles. The molecule has 0 bridgehead atoms. The fourth-order valence-corrected chi connectivity index (χ4v) is 0.819. The lowest BCUT2D eigenvalue weighted by molar-refractivity contribution is 0.140. The highest BCUT2D eigenvalue weighted by molar-refractivity contribution is 5.13. The minimum absolute atomic E-state index is 0.509. The first-order valence-corrected chi connectivity index (χ1v) is 3.58. The second-order valence-electron chi connectivity index (χ2n) is 2.24. The van der Waals surface area contributed by atoms with Crippen LogP contribution in [0.5, 0.6) is 0 Å². The zero-order valence-corrected chi connectivity index (χ0v) is 6.36. The van der Waals surface area contributed by atoms with Crippen LogP contribution in [0.15, 0.2) is 30.3 Å². The molecule has 0 aliphatic carbocycles. The summed E-state index contributed by atoms with van der Waals surface area (Å²) in [6, 6.07) is 10.0. The van der Waals surface area contributed by atoms with Crippen LogP contribution in [0.1, 0.15) is 5.56 Å². The van der Waals surface area contributed by atoms with Crippen molar-refractivity contribution in [3.63, 3.8) is 0 Å². The Balaban J connectivity index is 2.28. The van der Waals surface area contributed by atoms with E-state index in [0.717, 1.165) is 0 Å². The van der Waals surface area contributed by atoms with Crippen LogP contribution in [0.4, 0.5) is 0 Å². The molecule has 0 amide bonds. The maximum absolute atomic E-state index is 5.19. The fourth-order valence-electron chi connectivity index (χ4n) is 0.819. The molecule has 0 saturated heterocycles. The van der Waals surface area contributed by atoms with E-state index in [0.29, 0.717) is 13.2 Å². The molecule has 1 aromatic carbocycles. The van der Waals surface area contributed by atoms with Crippen LogP contribution < -0.4 is 5.73 Å². The van der Waals surface area contributed by atoms with E-state index in [1.165, 1.54) is 12.1 Å². The molecule has 2 N–H and O–H groups in total. The van der Waals surface area contributed by atoms with Crippen molar-refractivity contribution in [2.75, 3.05) is 6.61 Å². The van der Waals surface area contributed by atoms with Gasteiger partial charge in [0.05, 0.1) is 13.2 Å². The quantitative estimate of drug-likeness (QED) is 0.657. The molecule has 0 unspecified atom stereocenters. The largest absolute Gasteiger partial charge is 0.375 e. The second-order valence-corrected chi connectivity index (χ2v) is 2.24. The highest BCUT2D eigenvalue weighted by Crippen LogP contribution is 1.99. The van der Waals surface area contributed by atoms with Crippen molar-refractivity contribution in [2.45, 2.75) is 6.61 Å². The third-order valence-corrected chi connectivity index (χ3v) is 1.33. The lowest BCUT2D eigenvalue weighted by Crippen LogP contribution is -2.01. The molecule has 2 nitrogen and oxygen atoms in total. The van der Waals surface area contributed by atoms with Crippen molar-refractivity contribution >= 4 is 0 Å². The Morgan fingerprint density at radius 2 is 2.00 bits per heavy atom. The molecule has 11 heavy (non-hydrogen) atoms. The third kappa shape index (κ3) is 3.16. The van der Waals surface area contributed by atoms with Crippen LogP contribution >= 0.6 is 0 Å². The number of hydrogen-bond donors (Lipinski definition) is 1. The minimum Gasteiger partial charge on any atom is -0.375 e.